The standard InChI is InChI=1S/C12H17N4O.2BrH/c1-8-6-9(2)16-7-14(4)10(11(17)13-3)12(16)15(8)5;;/h6-7H,1-5H3;2*1H/q+1;;/p-1. The van der Waals surface area contributed by atoms with Crippen molar-refractivity contribution >= 4 is 11.6 Å². The Morgan fingerprint density at radius 1 is 1.26 bits per heavy atom. The zero-order valence-corrected chi connectivity index (χ0v) is 14.8. The van der Waals surface area contributed by atoms with Crippen molar-refractivity contribution in [2.24, 2.45) is 14.1 Å². The van der Waals surface area contributed by atoms with Gasteiger partial charge < -0.3 is 39.3 Å². The molecule has 7 heteroatoms. The van der Waals surface area contributed by atoms with Crippen LogP contribution in [0.3, 0.4) is 0 Å². The second-order valence-electron chi connectivity index (χ2n) is 4.33. The van der Waals surface area contributed by atoms with E-state index in [9.17, 15) is 4.79 Å². The van der Waals surface area contributed by atoms with Crippen molar-refractivity contribution in [2.75, 3.05) is 7.05 Å². The van der Waals surface area contributed by atoms with E-state index in [-0.39, 0.29) is 39.9 Å². The highest BCUT2D eigenvalue weighted by atomic mass is 79.9. The number of hydrogen-bond donors (Lipinski definition) is 1. The summed E-state index contributed by atoms with van der Waals surface area (Å²) in [5, 5.41) is 2.68. The van der Waals surface area contributed by atoms with Gasteiger partial charge in [-0.3, -0.25) is 4.79 Å². The molecular weight excluding hydrogens is 376 g/mol. The number of hydrogen-bond acceptors (Lipinski definition) is 1. The van der Waals surface area contributed by atoms with Gasteiger partial charge in [0.05, 0.1) is 14.1 Å². The van der Waals surface area contributed by atoms with Crippen LogP contribution in [0.4, 0.5) is 0 Å². The first-order valence-corrected chi connectivity index (χ1v) is 5.56. The second-order valence-corrected chi connectivity index (χ2v) is 4.33. The fourth-order valence-corrected chi connectivity index (χ4v) is 2.15. The smallest absolute Gasteiger partial charge is 0.342 e. The summed E-state index contributed by atoms with van der Waals surface area (Å²) in [6, 6.07) is 2.10. The molecule has 0 aliphatic rings. The van der Waals surface area contributed by atoms with Gasteiger partial charge in [0.2, 0.25) is 0 Å². The Morgan fingerprint density at radius 3 is 2.37 bits per heavy atom. The molecule has 2 heterocycles. The summed E-state index contributed by atoms with van der Waals surface area (Å²) in [4.78, 5) is 11.9. The minimum atomic E-state index is -0.0735. The maximum atomic E-state index is 11.9. The molecule has 0 saturated heterocycles. The first kappa shape index (κ1) is 18.0. The number of imidazole rings is 1. The quantitative estimate of drug-likeness (QED) is 0.481. The van der Waals surface area contributed by atoms with Crippen molar-refractivity contribution in [1.29, 1.82) is 0 Å². The largest absolute Gasteiger partial charge is 1.00 e. The van der Waals surface area contributed by atoms with Crippen molar-refractivity contribution in [2.45, 2.75) is 13.8 Å². The maximum absolute atomic E-state index is 11.9. The molecule has 2 rings (SSSR count). The van der Waals surface area contributed by atoms with Crippen molar-refractivity contribution in [3.8, 4) is 0 Å². The van der Waals surface area contributed by atoms with Gasteiger partial charge in [-0.05, 0) is 13.8 Å². The molecule has 0 unspecified atom stereocenters. The molecule has 1 amide bonds. The van der Waals surface area contributed by atoms with Crippen molar-refractivity contribution < 1.29 is 47.9 Å². The van der Waals surface area contributed by atoms with Gasteiger partial charge in [-0.1, -0.05) is 0 Å². The fraction of sp³-hybridized carbons (Fsp3) is 0.417. The van der Waals surface area contributed by atoms with E-state index in [1.807, 2.05) is 47.8 Å². The molecule has 1 N–H and O–H groups in total. The SMILES string of the molecule is CNC(=O)c1c2n(c[n+]1C)c(C)cc(C)[n+]2C.[Br-].[Br-]. The number of halogens is 2. The van der Waals surface area contributed by atoms with E-state index in [2.05, 4.69) is 11.4 Å². The summed E-state index contributed by atoms with van der Waals surface area (Å²) in [6.07, 6.45) is 1.93. The molecule has 106 valence electrons. The van der Waals surface area contributed by atoms with E-state index < -0.39 is 0 Å². The van der Waals surface area contributed by atoms with Crippen molar-refractivity contribution in [3.63, 3.8) is 0 Å². The molecule has 0 spiro atoms. The molecule has 0 aliphatic carbocycles. The first-order chi connectivity index (χ1) is 7.97. The topological polar surface area (TPSA) is 41.3 Å². The number of rotatable bonds is 1. The predicted octanol–water partition coefficient (Wildman–Crippen LogP) is -6.43. The summed E-state index contributed by atoms with van der Waals surface area (Å²) < 4.78 is 5.90. The molecule has 0 aliphatic heterocycles. The van der Waals surface area contributed by atoms with Crippen molar-refractivity contribution in [3.05, 3.63) is 29.5 Å². The molecule has 0 bridgehead atoms. The highest BCUT2D eigenvalue weighted by Gasteiger charge is 2.28. The van der Waals surface area contributed by atoms with Gasteiger partial charge in [0, 0.05) is 13.1 Å². The number of carbonyl (C=O) groups is 1. The normalized spacial score (nSPS) is 9.74. The molecule has 2 aromatic heterocycles. The molecule has 0 aromatic carbocycles. The van der Waals surface area contributed by atoms with Crippen molar-refractivity contribution in [1.82, 2.24) is 9.72 Å². The highest BCUT2D eigenvalue weighted by molar-refractivity contribution is 5.95. The van der Waals surface area contributed by atoms with Crippen LogP contribution in [0.2, 0.25) is 0 Å². The van der Waals surface area contributed by atoms with Crippen LogP contribution >= 0.6 is 0 Å². The lowest BCUT2D eigenvalue weighted by atomic mass is 10.3. The number of aryl methyl sites for hydroxylation is 4. The van der Waals surface area contributed by atoms with Gasteiger partial charge in [0.25, 0.3) is 17.9 Å². The lowest BCUT2D eigenvalue weighted by molar-refractivity contribution is -0.681. The third-order valence-corrected chi connectivity index (χ3v) is 3.17. The van der Waals surface area contributed by atoms with Crippen LogP contribution in [0.25, 0.3) is 5.65 Å². The molecule has 0 saturated carbocycles. The van der Waals surface area contributed by atoms with Crippen LogP contribution in [0.5, 0.6) is 0 Å². The lowest BCUT2D eigenvalue weighted by Crippen LogP contribution is -3.00. The number of nitrogens with zero attached hydrogens (tertiary/aromatic N) is 3. The Bertz CT molecular complexity index is 622. The second kappa shape index (κ2) is 6.47. The summed E-state index contributed by atoms with van der Waals surface area (Å²) in [5.41, 5.74) is 3.81. The zero-order valence-electron chi connectivity index (χ0n) is 11.7. The van der Waals surface area contributed by atoms with Crippen LogP contribution in [0, 0.1) is 13.8 Å². The zero-order chi connectivity index (χ0) is 12.7. The Kier molecular flexibility index (Phi) is 6.15. The van der Waals surface area contributed by atoms with Crippen LogP contribution in [-0.4, -0.2) is 17.4 Å². The Hall–Kier alpha value is -0.950. The number of carbonyl (C=O) groups excluding carboxylic acids is 1. The van der Waals surface area contributed by atoms with E-state index in [1.165, 1.54) is 0 Å². The molecule has 5 nitrogen and oxygen atoms in total. The molecule has 0 fully saturated rings. The third-order valence-electron chi connectivity index (χ3n) is 3.17. The fourth-order valence-electron chi connectivity index (χ4n) is 2.15. The number of nitrogens with one attached hydrogen (secondary N) is 1. The van der Waals surface area contributed by atoms with E-state index in [4.69, 9.17) is 0 Å². The Balaban J connectivity index is 0.00000162. The monoisotopic (exact) mass is 392 g/mol. The van der Waals surface area contributed by atoms with Crippen LogP contribution < -0.4 is 48.4 Å². The summed E-state index contributed by atoms with van der Waals surface area (Å²) in [5.74, 6) is -0.0735. The van der Waals surface area contributed by atoms with Gasteiger partial charge in [-0.15, -0.1) is 0 Å². The summed E-state index contributed by atoms with van der Waals surface area (Å²) in [7, 11) is 5.50. The molecule has 0 atom stereocenters. The van der Waals surface area contributed by atoms with E-state index in [1.54, 1.807) is 7.05 Å². The van der Waals surface area contributed by atoms with Crippen LogP contribution in [0.15, 0.2) is 12.4 Å². The molecular formula is C12H18Br2N4O. The average Bonchev–Trinajstić information content (AvgIpc) is 2.63. The minimum Gasteiger partial charge on any atom is -1.00 e. The number of amides is 1. The number of fused-ring (bicyclic) bond motifs is 1. The number of aromatic nitrogens is 3. The van der Waals surface area contributed by atoms with Gasteiger partial charge in [-0.25, -0.2) is 9.13 Å². The van der Waals surface area contributed by atoms with E-state index >= 15 is 0 Å². The minimum absolute atomic E-state index is 0. The van der Waals surface area contributed by atoms with Crippen LogP contribution in [0.1, 0.15) is 21.9 Å². The van der Waals surface area contributed by atoms with Gasteiger partial charge in [-0.2, -0.15) is 4.40 Å². The third kappa shape index (κ3) is 2.81. The highest BCUT2D eigenvalue weighted by Crippen LogP contribution is 2.07. The molecule has 19 heavy (non-hydrogen) atoms. The predicted molar refractivity (Wildman–Crippen MR) is 62.6 cm³/mol. The average molecular weight is 394 g/mol. The van der Waals surface area contributed by atoms with Gasteiger partial charge in [0.1, 0.15) is 11.4 Å². The maximum Gasteiger partial charge on any atom is 0.342 e. The molecule has 2 aromatic rings. The van der Waals surface area contributed by atoms with Gasteiger partial charge >= 0.3 is 5.65 Å². The summed E-state index contributed by atoms with van der Waals surface area (Å²) in [6.45, 7) is 4.07. The molecule has 0 radical (unpaired) electrons. The van der Waals surface area contributed by atoms with Crippen LogP contribution in [-0.2, 0) is 14.1 Å². The lowest BCUT2D eigenvalue weighted by Gasteiger charge is -2.01. The van der Waals surface area contributed by atoms with E-state index in [0.717, 1.165) is 17.0 Å². The Labute approximate surface area is 133 Å². The Morgan fingerprint density at radius 2 is 1.84 bits per heavy atom. The summed E-state index contributed by atoms with van der Waals surface area (Å²) >= 11 is 0. The van der Waals surface area contributed by atoms with Gasteiger partial charge in [0.15, 0.2) is 0 Å². The van der Waals surface area contributed by atoms with E-state index in [0.29, 0.717) is 5.69 Å². The first-order valence-electron chi connectivity index (χ1n) is 5.56.